The first-order valence-corrected chi connectivity index (χ1v) is 5.49. The van der Waals surface area contributed by atoms with Gasteiger partial charge in [-0.1, -0.05) is 0 Å². The lowest BCUT2D eigenvalue weighted by molar-refractivity contribution is -0.140. The average molecular weight is 270 g/mol. The summed E-state index contributed by atoms with van der Waals surface area (Å²) >= 11 is 0. The third-order valence-corrected chi connectivity index (χ3v) is 2.75. The normalized spacial score (nSPS) is 11.7. The highest BCUT2D eigenvalue weighted by molar-refractivity contribution is 5.93. The van der Waals surface area contributed by atoms with Gasteiger partial charge in [0.1, 0.15) is 5.69 Å². The van der Waals surface area contributed by atoms with Gasteiger partial charge in [-0.3, -0.25) is 5.84 Å². The molecule has 102 valence electrons. The van der Waals surface area contributed by atoms with E-state index in [-0.39, 0.29) is 11.2 Å². The van der Waals surface area contributed by atoms with Crippen molar-refractivity contribution in [1.29, 1.82) is 0 Å². The van der Waals surface area contributed by atoms with Gasteiger partial charge in [-0.25, -0.2) is 4.98 Å². The summed E-state index contributed by atoms with van der Waals surface area (Å²) < 4.78 is 38.1. The van der Waals surface area contributed by atoms with Crippen molar-refractivity contribution >= 4 is 22.3 Å². The van der Waals surface area contributed by atoms with E-state index in [1.165, 1.54) is 0 Å². The summed E-state index contributed by atoms with van der Waals surface area (Å²) in [5.41, 5.74) is 2.61. The molecule has 0 fully saturated rings. The average Bonchev–Trinajstić information content (AvgIpc) is 2.35. The van der Waals surface area contributed by atoms with E-state index in [1.807, 2.05) is 19.0 Å². The van der Waals surface area contributed by atoms with Gasteiger partial charge in [0.25, 0.3) is 0 Å². The predicted octanol–water partition coefficient (Wildman–Crippen LogP) is 2.61. The molecule has 0 unspecified atom stereocenters. The number of nitrogen functional groups attached to an aromatic ring is 1. The fourth-order valence-electron chi connectivity index (χ4n) is 1.76. The number of alkyl halides is 3. The van der Waals surface area contributed by atoms with E-state index < -0.39 is 11.9 Å². The quantitative estimate of drug-likeness (QED) is 0.650. The van der Waals surface area contributed by atoms with Gasteiger partial charge in [-0.05, 0) is 24.3 Å². The van der Waals surface area contributed by atoms with E-state index >= 15 is 0 Å². The van der Waals surface area contributed by atoms with E-state index in [1.54, 1.807) is 18.2 Å². The van der Waals surface area contributed by atoms with Crippen LogP contribution in [0.4, 0.5) is 24.5 Å². The van der Waals surface area contributed by atoms with Crippen LogP contribution in [0.25, 0.3) is 10.9 Å². The van der Waals surface area contributed by atoms with Gasteiger partial charge in [0.05, 0.1) is 11.2 Å². The minimum Gasteiger partial charge on any atom is -0.378 e. The van der Waals surface area contributed by atoms with Crippen LogP contribution >= 0.6 is 0 Å². The summed E-state index contributed by atoms with van der Waals surface area (Å²) in [7, 11) is 3.68. The Labute approximate surface area is 108 Å². The number of pyridine rings is 1. The Balaban J connectivity index is 2.70. The highest BCUT2D eigenvalue weighted by atomic mass is 19.4. The first-order chi connectivity index (χ1) is 8.82. The third-order valence-electron chi connectivity index (χ3n) is 2.75. The third kappa shape index (κ3) is 2.55. The molecule has 0 aliphatic heterocycles. The van der Waals surface area contributed by atoms with Crippen LogP contribution in [0.3, 0.4) is 0 Å². The minimum absolute atomic E-state index is 0.195. The first kappa shape index (κ1) is 13.4. The molecule has 19 heavy (non-hydrogen) atoms. The molecular formula is C12H13F3N4. The minimum atomic E-state index is -4.50. The Morgan fingerprint density at radius 2 is 1.89 bits per heavy atom. The van der Waals surface area contributed by atoms with Gasteiger partial charge in [0.15, 0.2) is 0 Å². The molecule has 0 bridgehead atoms. The maximum atomic E-state index is 12.7. The Hall–Kier alpha value is -2.02. The maximum absolute atomic E-state index is 12.7. The molecule has 0 radical (unpaired) electrons. The molecule has 0 aliphatic carbocycles. The van der Waals surface area contributed by atoms with Crippen molar-refractivity contribution in [2.45, 2.75) is 6.18 Å². The van der Waals surface area contributed by atoms with Crippen molar-refractivity contribution in [3.8, 4) is 0 Å². The Bertz CT molecular complexity index is 608. The number of nitrogens with two attached hydrogens (primary N) is 1. The molecule has 1 heterocycles. The molecule has 1 aromatic heterocycles. The standard InChI is InChI=1S/C12H13F3N4/c1-19(2)7-3-4-9-8(5-7)10(18-16)6-11(17-9)12(13,14)15/h3-6H,16H2,1-2H3,(H,17,18). The van der Waals surface area contributed by atoms with E-state index in [2.05, 4.69) is 10.4 Å². The second-order valence-electron chi connectivity index (χ2n) is 4.29. The number of anilines is 2. The van der Waals surface area contributed by atoms with Gasteiger partial charge in [0, 0.05) is 25.2 Å². The second-order valence-corrected chi connectivity index (χ2v) is 4.29. The maximum Gasteiger partial charge on any atom is 0.433 e. The molecule has 0 saturated heterocycles. The van der Waals surface area contributed by atoms with Crippen molar-refractivity contribution in [2.75, 3.05) is 24.4 Å². The van der Waals surface area contributed by atoms with Crippen LogP contribution in [0, 0.1) is 0 Å². The van der Waals surface area contributed by atoms with Crippen LogP contribution in [0.1, 0.15) is 5.69 Å². The number of fused-ring (bicyclic) bond motifs is 1. The molecule has 3 N–H and O–H groups in total. The Kier molecular flexibility index (Phi) is 3.23. The summed E-state index contributed by atoms with van der Waals surface area (Å²) in [6, 6.07) is 5.88. The summed E-state index contributed by atoms with van der Waals surface area (Å²) in [6.45, 7) is 0. The van der Waals surface area contributed by atoms with E-state index in [9.17, 15) is 13.2 Å². The Morgan fingerprint density at radius 1 is 1.21 bits per heavy atom. The second kappa shape index (κ2) is 4.58. The molecule has 2 rings (SSSR count). The summed E-state index contributed by atoms with van der Waals surface area (Å²) in [4.78, 5) is 5.46. The van der Waals surface area contributed by atoms with Crippen LogP contribution in [0.2, 0.25) is 0 Å². The number of halogens is 3. The topological polar surface area (TPSA) is 54.2 Å². The number of nitrogens with one attached hydrogen (secondary N) is 1. The molecular weight excluding hydrogens is 257 g/mol. The molecule has 2 aromatic rings. The number of nitrogens with zero attached hydrogens (tertiary/aromatic N) is 2. The van der Waals surface area contributed by atoms with Crippen LogP contribution in [-0.4, -0.2) is 19.1 Å². The van der Waals surface area contributed by atoms with Crippen molar-refractivity contribution in [3.05, 3.63) is 30.0 Å². The van der Waals surface area contributed by atoms with Gasteiger partial charge >= 0.3 is 6.18 Å². The number of aromatic nitrogens is 1. The van der Waals surface area contributed by atoms with Crippen molar-refractivity contribution in [3.63, 3.8) is 0 Å². The Morgan fingerprint density at radius 3 is 2.42 bits per heavy atom. The van der Waals surface area contributed by atoms with E-state index in [0.717, 1.165) is 11.8 Å². The number of hydrogen-bond donors (Lipinski definition) is 2. The van der Waals surface area contributed by atoms with Gasteiger partial charge in [-0.15, -0.1) is 0 Å². The van der Waals surface area contributed by atoms with Crippen LogP contribution in [0.5, 0.6) is 0 Å². The smallest absolute Gasteiger partial charge is 0.378 e. The van der Waals surface area contributed by atoms with Crippen LogP contribution < -0.4 is 16.2 Å². The zero-order valence-corrected chi connectivity index (χ0v) is 10.4. The number of hydrazine groups is 1. The number of hydrogen-bond acceptors (Lipinski definition) is 4. The van der Waals surface area contributed by atoms with Gasteiger partial charge in [0.2, 0.25) is 0 Å². The van der Waals surface area contributed by atoms with Crippen molar-refractivity contribution in [2.24, 2.45) is 5.84 Å². The summed E-state index contributed by atoms with van der Waals surface area (Å²) in [5, 5.41) is 0.543. The fraction of sp³-hybridized carbons (Fsp3) is 0.250. The lowest BCUT2D eigenvalue weighted by Gasteiger charge is -2.15. The first-order valence-electron chi connectivity index (χ1n) is 5.49. The number of benzene rings is 1. The molecule has 7 heteroatoms. The van der Waals surface area contributed by atoms with Crippen molar-refractivity contribution < 1.29 is 13.2 Å². The molecule has 0 saturated carbocycles. The van der Waals surface area contributed by atoms with Crippen LogP contribution in [0.15, 0.2) is 24.3 Å². The predicted molar refractivity (Wildman–Crippen MR) is 68.9 cm³/mol. The van der Waals surface area contributed by atoms with Gasteiger partial charge < -0.3 is 10.3 Å². The molecule has 0 spiro atoms. The van der Waals surface area contributed by atoms with E-state index in [4.69, 9.17) is 5.84 Å². The zero-order chi connectivity index (χ0) is 14.2. The lowest BCUT2D eigenvalue weighted by atomic mass is 10.1. The number of rotatable bonds is 2. The van der Waals surface area contributed by atoms with Crippen LogP contribution in [-0.2, 0) is 6.18 Å². The largest absolute Gasteiger partial charge is 0.433 e. The van der Waals surface area contributed by atoms with E-state index in [0.29, 0.717) is 5.39 Å². The van der Waals surface area contributed by atoms with Crippen molar-refractivity contribution in [1.82, 2.24) is 4.98 Å². The monoisotopic (exact) mass is 270 g/mol. The molecule has 1 aromatic carbocycles. The lowest BCUT2D eigenvalue weighted by Crippen LogP contribution is -2.13. The highest BCUT2D eigenvalue weighted by Gasteiger charge is 2.33. The molecule has 4 nitrogen and oxygen atoms in total. The SMILES string of the molecule is CN(C)c1ccc2nc(C(F)(F)F)cc(NN)c2c1. The molecule has 0 aliphatic rings. The summed E-state index contributed by atoms with van der Waals surface area (Å²) in [6.07, 6.45) is -4.50. The molecule has 0 amide bonds. The van der Waals surface area contributed by atoms with Gasteiger partial charge in [-0.2, -0.15) is 13.2 Å². The highest BCUT2D eigenvalue weighted by Crippen LogP contribution is 2.33. The molecule has 0 atom stereocenters. The fourth-order valence-corrected chi connectivity index (χ4v) is 1.76. The zero-order valence-electron chi connectivity index (χ0n) is 10.4. The summed E-state index contributed by atoms with van der Waals surface area (Å²) in [5.74, 6) is 5.30.